The van der Waals surface area contributed by atoms with Crippen molar-refractivity contribution >= 4 is 75.5 Å². The fraction of sp³-hybridized carbons (Fsp3) is 0.318. The summed E-state index contributed by atoms with van der Waals surface area (Å²) in [7, 11) is 0. The van der Waals surface area contributed by atoms with Crippen molar-refractivity contribution in [2.45, 2.75) is 24.1 Å². The van der Waals surface area contributed by atoms with Gasteiger partial charge in [0.25, 0.3) is 5.91 Å². The molecule has 6 rings (SSSR count). The molecule has 0 saturated carbocycles. The number of imide groups is 1. The maximum atomic E-state index is 13.9. The molecule has 2 aromatic carbocycles. The molecule has 33 heavy (non-hydrogen) atoms. The van der Waals surface area contributed by atoms with Gasteiger partial charge in [-0.05, 0) is 36.8 Å². The van der Waals surface area contributed by atoms with E-state index in [9.17, 15) is 19.5 Å². The molecular weight excluding hydrogens is 512 g/mol. The Balaban J connectivity index is 1.58. The van der Waals surface area contributed by atoms with Crippen LogP contribution in [-0.4, -0.2) is 46.4 Å². The fourth-order valence-electron chi connectivity index (χ4n) is 6.14. The van der Waals surface area contributed by atoms with E-state index in [1.165, 1.54) is 24.3 Å². The van der Waals surface area contributed by atoms with E-state index in [0.717, 1.165) is 4.90 Å². The number of carbonyl (C=O) groups is 3. The number of hydrogen-bond donors (Lipinski definition) is 2. The number of rotatable bonds is 1. The molecule has 4 heterocycles. The summed E-state index contributed by atoms with van der Waals surface area (Å²) in [5, 5.41) is 14.3. The molecule has 3 amide bonds. The molecule has 7 nitrogen and oxygen atoms in total. The molecule has 0 radical (unpaired) electrons. The summed E-state index contributed by atoms with van der Waals surface area (Å²) in [6.45, 7) is 0.137. The van der Waals surface area contributed by atoms with Gasteiger partial charge in [-0.15, -0.1) is 0 Å². The molecule has 11 heteroatoms. The molecule has 4 aliphatic rings. The van der Waals surface area contributed by atoms with Gasteiger partial charge in [0.05, 0.1) is 34.3 Å². The van der Waals surface area contributed by atoms with Crippen LogP contribution in [0, 0.1) is 11.8 Å². The summed E-state index contributed by atoms with van der Waals surface area (Å²) < 4.78 is 0. The highest BCUT2D eigenvalue weighted by atomic mass is 35.5. The van der Waals surface area contributed by atoms with Gasteiger partial charge in [-0.3, -0.25) is 19.3 Å². The zero-order valence-corrected chi connectivity index (χ0v) is 19.7. The maximum Gasteiger partial charge on any atom is 0.250 e. The summed E-state index contributed by atoms with van der Waals surface area (Å²) in [4.78, 5) is 44.1. The van der Waals surface area contributed by atoms with Crippen molar-refractivity contribution in [1.82, 2.24) is 4.90 Å². The standard InChI is InChI=1S/C22H15Cl4N3O4/c23-8-1-9(24)3-11(2-8)29-19(31)16-15-6-12(30)7-28(15)22(17(16)20(29)32)13-4-10(25)5-14(26)18(13)27-21(22)33/h1-5,12,15-17,30H,6-7H2,(H,27,33)/t12-,15+,16-,17+,22-/m0/s1. The number of benzene rings is 2. The highest BCUT2D eigenvalue weighted by molar-refractivity contribution is 6.38. The molecule has 2 aromatic rings. The molecule has 0 aromatic heterocycles. The minimum absolute atomic E-state index is 0.137. The largest absolute Gasteiger partial charge is 0.392 e. The van der Waals surface area contributed by atoms with Gasteiger partial charge < -0.3 is 10.4 Å². The first-order valence-corrected chi connectivity index (χ1v) is 11.8. The minimum Gasteiger partial charge on any atom is -0.392 e. The number of hydrogen-bond acceptors (Lipinski definition) is 5. The van der Waals surface area contributed by atoms with E-state index >= 15 is 0 Å². The number of aliphatic hydroxyl groups excluding tert-OH is 1. The number of carbonyl (C=O) groups excluding carboxylic acids is 3. The van der Waals surface area contributed by atoms with E-state index in [1.807, 2.05) is 0 Å². The molecule has 1 spiro atoms. The van der Waals surface area contributed by atoms with Gasteiger partial charge in [-0.1, -0.05) is 46.4 Å². The lowest BCUT2D eigenvalue weighted by atomic mass is 9.75. The molecule has 5 atom stereocenters. The van der Waals surface area contributed by atoms with E-state index in [-0.39, 0.29) is 33.7 Å². The maximum absolute atomic E-state index is 13.9. The van der Waals surface area contributed by atoms with Gasteiger partial charge in [-0.25, -0.2) is 4.90 Å². The highest BCUT2D eigenvalue weighted by Crippen LogP contribution is 2.61. The quantitative estimate of drug-likeness (QED) is 0.553. The lowest BCUT2D eigenvalue weighted by molar-refractivity contribution is -0.135. The Bertz CT molecular complexity index is 1270. The van der Waals surface area contributed by atoms with Gasteiger partial charge in [0.15, 0.2) is 0 Å². The van der Waals surface area contributed by atoms with Crippen LogP contribution >= 0.6 is 46.4 Å². The summed E-state index contributed by atoms with van der Waals surface area (Å²) in [6.07, 6.45) is -0.500. The SMILES string of the molecule is O=C1[C@H]2[C@H]3C[C@H](O)CN3[C@]3(C(=O)Nc4c(Cl)cc(Cl)cc43)[C@H]2C(=O)N1c1cc(Cl)cc(Cl)c1. The van der Waals surface area contributed by atoms with E-state index < -0.39 is 47.2 Å². The van der Waals surface area contributed by atoms with Crippen LogP contribution in [0.2, 0.25) is 20.1 Å². The molecular formula is C22H15Cl4N3O4. The third-order valence-electron chi connectivity index (χ3n) is 7.15. The van der Waals surface area contributed by atoms with Crippen LogP contribution < -0.4 is 10.2 Å². The lowest BCUT2D eigenvalue weighted by Gasteiger charge is -2.36. The Labute approximate surface area is 208 Å². The topological polar surface area (TPSA) is 90.0 Å². The van der Waals surface area contributed by atoms with Gasteiger partial charge in [-0.2, -0.15) is 0 Å². The van der Waals surface area contributed by atoms with Crippen LogP contribution in [0.3, 0.4) is 0 Å². The predicted molar refractivity (Wildman–Crippen MR) is 124 cm³/mol. The van der Waals surface area contributed by atoms with Crippen LogP contribution in [0.4, 0.5) is 11.4 Å². The zero-order valence-electron chi connectivity index (χ0n) is 16.7. The third-order valence-corrected chi connectivity index (χ3v) is 8.10. The minimum atomic E-state index is -1.53. The first-order chi connectivity index (χ1) is 15.6. The molecule has 170 valence electrons. The Morgan fingerprint density at radius 3 is 2.30 bits per heavy atom. The Hall–Kier alpha value is -1.87. The van der Waals surface area contributed by atoms with Crippen molar-refractivity contribution in [3.8, 4) is 0 Å². The van der Waals surface area contributed by atoms with Crippen molar-refractivity contribution in [3.63, 3.8) is 0 Å². The van der Waals surface area contributed by atoms with Crippen LogP contribution in [0.5, 0.6) is 0 Å². The van der Waals surface area contributed by atoms with Crippen molar-refractivity contribution in [2.75, 3.05) is 16.8 Å². The molecule has 0 bridgehead atoms. The molecule has 3 fully saturated rings. The van der Waals surface area contributed by atoms with E-state index in [4.69, 9.17) is 46.4 Å². The van der Waals surface area contributed by atoms with Gasteiger partial charge >= 0.3 is 0 Å². The van der Waals surface area contributed by atoms with E-state index in [0.29, 0.717) is 16.3 Å². The van der Waals surface area contributed by atoms with Gasteiger partial charge in [0, 0.05) is 33.2 Å². The average molecular weight is 527 g/mol. The van der Waals surface area contributed by atoms with E-state index in [2.05, 4.69) is 5.32 Å². The number of anilines is 2. The number of nitrogens with one attached hydrogen (secondary N) is 1. The van der Waals surface area contributed by atoms with Crippen molar-refractivity contribution in [1.29, 1.82) is 0 Å². The number of amides is 3. The summed E-state index contributed by atoms with van der Waals surface area (Å²) in [5.41, 5.74) is -0.499. The Kier molecular flexibility index (Phi) is 4.64. The normalized spacial score (nSPS) is 32.5. The zero-order chi connectivity index (χ0) is 23.4. The highest BCUT2D eigenvalue weighted by Gasteiger charge is 2.75. The van der Waals surface area contributed by atoms with Crippen molar-refractivity contribution < 1.29 is 19.5 Å². The smallest absolute Gasteiger partial charge is 0.250 e. The van der Waals surface area contributed by atoms with Crippen molar-refractivity contribution in [2.24, 2.45) is 11.8 Å². The fourth-order valence-corrected chi connectivity index (χ4v) is 7.19. The second kappa shape index (κ2) is 7.07. The van der Waals surface area contributed by atoms with Crippen LogP contribution in [-0.2, 0) is 19.9 Å². The van der Waals surface area contributed by atoms with Gasteiger partial charge in [0.1, 0.15) is 5.54 Å². The van der Waals surface area contributed by atoms with Crippen LogP contribution in [0.1, 0.15) is 12.0 Å². The average Bonchev–Trinajstić information content (AvgIpc) is 3.37. The summed E-state index contributed by atoms with van der Waals surface area (Å²) >= 11 is 24.9. The second-order valence-electron chi connectivity index (χ2n) is 8.78. The number of nitrogens with zero attached hydrogens (tertiary/aromatic N) is 2. The second-order valence-corrected chi connectivity index (χ2v) is 10.5. The molecule has 3 saturated heterocycles. The predicted octanol–water partition coefficient (Wildman–Crippen LogP) is 3.70. The molecule has 0 aliphatic carbocycles. The first kappa shape index (κ1) is 21.6. The first-order valence-electron chi connectivity index (χ1n) is 10.2. The van der Waals surface area contributed by atoms with Crippen LogP contribution in [0.25, 0.3) is 0 Å². The summed E-state index contributed by atoms with van der Waals surface area (Å²) in [6, 6.07) is 7.05. The lowest BCUT2D eigenvalue weighted by Crippen LogP contribution is -2.54. The monoisotopic (exact) mass is 525 g/mol. The Morgan fingerprint density at radius 2 is 1.61 bits per heavy atom. The molecule has 2 N–H and O–H groups in total. The molecule has 4 aliphatic heterocycles. The van der Waals surface area contributed by atoms with Gasteiger partial charge in [0.2, 0.25) is 11.8 Å². The van der Waals surface area contributed by atoms with E-state index in [1.54, 1.807) is 11.0 Å². The summed E-state index contributed by atoms with van der Waals surface area (Å²) in [5.74, 6) is -3.34. The number of fused-ring (bicyclic) bond motifs is 7. The van der Waals surface area contributed by atoms with Crippen LogP contribution in [0.15, 0.2) is 30.3 Å². The third kappa shape index (κ3) is 2.69. The van der Waals surface area contributed by atoms with Crippen molar-refractivity contribution in [3.05, 3.63) is 56.0 Å². The number of halogens is 4. The molecule has 0 unspecified atom stereocenters. The number of aliphatic hydroxyl groups is 1. The Morgan fingerprint density at radius 1 is 0.939 bits per heavy atom.